The number of aryl methyl sites for hydroxylation is 1. The van der Waals surface area contributed by atoms with Crippen LogP contribution in [0.25, 0.3) is 0 Å². The summed E-state index contributed by atoms with van der Waals surface area (Å²) in [5.41, 5.74) is 0.0347. The Balaban J connectivity index is 0.000000261. The molecule has 1 aromatic rings. The van der Waals surface area contributed by atoms with Gasteiger partial charge in [-0.3, -0.25) is 4.79 Å². The average Bonchev–Trinajstić information content (AvgIpc) is 1.94. The second-order valence-corrected chi connectivity index (χ2v) is 2.00. The first-order valence-electron chi connectivity index (χ1n) is 3.20. The molecule has 6 heteroatoms. The molecule has 0 radical (unpaired) electrons. The van der Waals surface area contributed by atoms with Crippen LogP contribution in [0, 0.1) is 0 Å². The van der Waals surface area contributed by atoms with Crippen molar-refractivity contribution in [2.75, 3.05) is 0 Å². The molecule has 1 rings (SSSR count). The lowest BCUT2D eigenvalue weighted by Crippen LogP contribution is -2.12. The van der Waals surface area contributed by atoms with Crippen molar-refractivity contribution in [1.29, 1.82) is 0 Å². The molecule has 0 spiro atoms. The topological polar surface area (TPSA) is 82.7 Å². The number of nitrogens with zero attached hydrogens (tertiary/aromatic N) is 1. The van der Waals surface area contributed by atoms with E-state index in [9.17, 15) is 4.79 Å². The van der Waals surface area contributed by atoms with Gasteiger partial charge in [-0.25, -0.2) is 0 Å². The molecule has 0 atom stereocenters. The fourth-order valence-corrected chi connectivity index (χ4v) is 0.508. The van der Waals surface area contributed by atoms with Crippen molar-refractivity contribution in [2.24, 2.45) is 7.05 Å². The minimum atomic E-state index is -2.17. The summed E-state index contributed by atoms with van der Waals surface area (Å²) in [5, 5.41) is 21.5. The van der Waals surface area contributed by atoms with Crippen LogP contribution in [0.1, 0.15) is 0 Å². The molecule has 3 N–H and O–H groups in total. The standard InChI is InChI=1S/C6H7NO.BH3O3/c1-7-5-3-2-4-6(7)8;2-1(3)4/h2-5H,1H3;2-4H. The molecule has 0 aromatic carbocycles. The van der Waals surface area contributed by atoms with Crippen molar-refractivity contribution < 1.29 is 15.1 Å². The first kappa shape index (κ1) is 10.9. The molecule has 0 unspecified atom stereocenters. The van der Waals surface area contributed by atoms with Crippen LogP contribution in [-0.4, -0.2) is 27.0 Å². The van der Waals surface area contributed by atoms with Crippen LogP contribution in [0.4, 0.5) is 0 Å². The van der Waals surface area contributed by atoms with Gasteiger partial charge in [-0.1, -0.05) is 6.07 Å². The lowest BCUT2D eigenvalue weighted by atomic mass is 10.3. The number of aromatic nitrogens is 1. The third kappa shape index (κ3) is 5.66. The van der Waals surface area contributed by atoms with Crippen LogP contribution in [0.2, 0.25) is 0 Å². The van der Waals surface area contributed by atoms with Crippen LogP contribution >= 0.6 is 0 Å². The Morgan fingerprint density at radius 3 is 2.08 bits per heavy atom. The van der Waals surface area contributed by atoms with Crippen molar-refractivity contribution >= 4 is 7.32 Å². The zero-order chi connectivity index (χ0) is 9.56. The van der Waals surface area contributed by atoms with Gasteiger partial charge < -0.3 is 19.6 Å². The first-order valence-corrected chi connectivity index (χ1v) is 3.20. The van der Waals surface area contributed by atoms with Crippen LogP contribution < -0.4 is 5.56 Å². The number of rotatable bonds is 0. The summed E-state index contributed by atoms with van der Waals surface area (Å²) in [7, 11) is -0.442. The highest BCUT2D eigenvalue weighted by atomic mass is 16.5. The van der Waals surface area contributed by atoms with Gasteiger partial charge in [0.25, 0.3) is 0 Å². The highest BCUT2D eigenvalue weighted by molar-refractivity contribution is 6.30. The van der Waals surface area contributed by atoms with Gasteiger partial charge in [0.2, 0.25) is 5.56 Å². The summed E-state index contributed by atoms with van der Waals surface area (Å²) >= 11 is 0. The minimum absolute atomic E-state index is 0.0347. The molecule has 0 saturated carbocycles. The van der Waals surface area contributed by atoms with Gasteiger partial charge in [0.05, 0.1) is 0 Å². The summed E-state index contributed by atoms with van der Waals surface area (Å²) in [6, 6.07) is 5.07. The van der Waals surface area contributed by atoms with Crippen LogP contribution in [0.15, 0.2) is 29.2 Å². The van der Waals surface area contributed by atoms with E-state index in [1.165, 1.54) is 10.6 Å². The summed E-state index contributed by atoms with van der Waals surface area (Å²) in [5.74, 6) is 0. The van der Waals surface area contributed by atoms with Gasteiger partial charge in [-0.15, -0.1) is 0 Å². The third-order valence-corrected chi connectivity index (χ3v) is 1.01. The SMILES string of the molecule is Cn1ccccc1=O.OB(O)O. The maximum atomic E-state index is 10.6. The Bertz CT molecular complexity index is 269. The van der Waals surface area contributed by atoms with Crippen molar-refractivity contribution in [1.82, 2.24) is 4.57 Å². The van der Waals surface area contributed by atoms with Gasteiger partial charge in [-0.05, 0) is 6.07 Å². The largest absolute Gasteiger partial charge is 0.631 e. The second-order valence-electron chi connectivity index (χ2n) is 2.00. The van der Waals surface area contributed by atoms with Crippen molar-refractivity contribution in [3.8, 4) is 0 Å². The number of pyridine rings is 1. The highest BCUT2D eigenvalue weighted by Crippen LogP contribution is 1.73. The van der Waals surface area contributed by atoms with E-state index < -0.39 is 7.32 Å². The monoisotopic (exact) mass is 171 g/mol. The number of hydrogen-bond donors (Lipinski definition) is 3. The van der Waals surface area contributed by atoms with Crippen molar-refractivity contribution in [3.63, 3.8) is 0 Å². The molecule has 0 aliphatic heterocycles. The van der Waals surface area contributed by atoms with E-state index in [4.69, 9.17) is 15.1 Å². The van der Waals surface area contributed by atoms with E-state index in [1.54, 1.807) is 19.3 Å². The Morgan fingerprint density at radius 2 is 1.83 bits per heavy atom. The Labute approximate surface area is 69.7 Å². The maximum absolute atomic E-state index is 10.6. The summed E-state index contributed by atoms with van der Waals surface area (Å²) in [4.78, 5) is 10.6. The lowest BCUT2D eigenvalue weighted by molar-refractivity contribution is 0.278. The van der Waals surface area contributed by atoms with E-state index in [2.05, 4.69) is 0 Å². The maximum Gasteiger partial charge on any atom is 0.631 e. The van der Waals surface area contributed by atoms with E-state index in [0.717, 1.165) is 0 Å². The summed E-state index contributed by atoms with van der Waals surface area (Å²) in [6.45, 7) is 0. The first-order chi connectivity index (χ1) is 5.54. The third-order valence-electron chi connectivity index (χ3n) is 1.01. The van der Waals surface area contributed by atoms with Crippen molar-refractivity contribution in [2.45, 2.75) is 0 Å². The fourth-order valence-electron chi connectivity index (χ4n) is 0.508. The molecule has 0 aliphatic carbocycles. The van der Waals surface area contributed by atoms with Gasteiger partial charge in [0.1, 0.15) is 0 Å². The molecule has 0 saturated heterocycles. The smallest absolute Gasteiger partial charge is 0.402 e. The highest BCUT2D eigenvalue weighted by Gasteiger charge is 1.92. The molecule has 66 valence electrons. The van der Waals surface area contributed by atoms with Crippen LogP contribution in [0.3, 0.4) is 0 Å². The molecular weight excluding hydrogens is 161 g/mol. The Hall–Kier alpha value is -1.11. The molecule has 5 nitrogen and oxygen atoms in total. The predicted octanol–water partition coefficient (Wildman–Crippen LogP) is -1.67. The summed E-state index contributed by atoms with van der Waals surface area (Å²) in [6.07, 6.45) is 1.72. The van der Waals surface area contributed by atoms with E-state index in [1.807, 2.05) is 6.07 Å². The van der Waals surface area contributed by atoms with E-state index in [0.29, 0.717) is 0 Å². The van der Waals surface area contributed by atoms with Gasteiger partial charge in [0.15, 0.2) is 0 Å². The molecule has 0 amide bonds. The quantitative estimate of drug-likeness (QED) is 0.407. The molecule has 0 aliphatic rings. The average molecular weight is 171 g/mol. The van der Waals surface area contributed by atoms with Crippen LogP contribution in [-0.2, 0) is 7.05 Å². The zero-order valence-electron chi connectivity index (χ0n) is 6.58. The van der Waals surface area contributed by atoms with Gasteiger partial charge in [0, 0.05) is 19.3 Å². The Morgan fingerprint density at radius 1 is 1.33 bits per heavy atom. The Kier molecular flexibility index (Phi) is 5.02. The molecule has 12 heavy (non-hydrogen) atoms. The molecular formula is C6H10BNO4. The predicted molar refractivity (Wildman–Crippen MR) is 44.1 cm³/mol. The molecule has 0 fully saturated rings. The molecule has 1 heterocycles. The fraction of sp³-hybridized carbons (Fsp3) is 0.167. The zero-order valence-corrected chi connectivity index (χ0v) is 6.58. The van der Waals surface area contributed by atoms with Crippen LogP contribution in [0.5, 0.6) is 0 Å². The molecule has 1 aromatic heterocycles. The number of hydrogen-bond acceptors (Lipinski definition) is 4. The van der Waals surface area contributed by atoms with E-state index >= 15 is 0 Å². The normalized spacial score (nSPS) is 8.33. The van der Waals surface area contributed by atoms with Gasteiger partial charge in [-0.2, -0.15) is 0 Å². The second kappa shape index (κ2) is 5.53. The molecule has 0 bridgehead atoms. The van der Waals surface area contributed by atoms with E-state index in [-0.39, 0.29) is 5.56 Å². The van der Waals surface area contributed by atoms with Gasteiger partial charge >= 0.3 is 7.32 Å². The summed E-state index contributed by atoms with van der Waals surface area (Å²) < 4.78 is 1.53. The lowest BCUT2D eigenvalue weighted by Gasteiger charge is -1.89. The van der Waals surface area contributed by atoms with Crippen molar-refractivity contribution in [3.05, 3.63) is 34.7 Å². The minimum Gasteiger partial charge on any atom is -0.402 e.